The molecule has 0 unspecified atom stereocenters. The molecule has 2 rings (SSSR count). The first-order chi connectivity index (χ1) is 7.74. The van der Waals surface area contributed by atoms with Crippen molar-refractivity contribution in [3.63, 3.8) is 0 Å². The molecule has 2 N–H and O–H groups in total. The summed E-state index contributed by atoms with van der Waals surface area (Å²) in [5.41, 5.74) is 6.31. The van der Waals surface area contributed by atoms with E-state index in [1.165, 1.54) is 0 Å². The van der Waals surface area contributed by atoms with Gasteiger partial charge in [0.1, 0.15) is 24.4 Å². The van der Waals surface area contributed by atoms with E-state index in [0.29, 0.717) is 6.61 Å². The molecule has 0 atom stereocenters. The van der Waals surface area contributed by atoms with E-state index in [0.717, 1.165) is 30.3 Å². The standard InChI is InChI=1S/C12H16N2O2/c1-14-6-7-15-12(8-14)9-16-11-4-2-10(13)3-5-11/h2-5,9H,6-8,13H2,1H3. The van der Waals surface area contributed by atoms with E-state index in [1.807, 2.05) is 24.3 Å². The molecule has 1 heterocycles. The van der Waals surface area contributed by atoms with Crippen molar-refractivity contribution in [2.24, 2.45) is 0 Å². The zero-order valence-corrected chi connectivity index (χ0v) is 9.35. The van der Waals surface area contributed by atoms with Gasteiger partial charge >= 0.3 is 0 Å². The zero-order valence-electron chi connectivity index (χ0n) is 9.35. The molecule has 1 aromatic carbocycles. The second-order valence-corrected chi connectivity index (χ2v) is 3.86. The molecule has 0 bridgehead atoms. The van der Waals surface area contributed by atoms with Gasteiger partial charge in [-0.15, -0.1) is 0 Å². The van der Waals surface area contributed by atoms with Crippen molar-refractivity contribution in [2.45, 2.75) is 0 Å². The number of nitrogens with two attached hydrogens (primary N) is 1. The Morgan fingerprint density at radius 2 is 2.12 bits per heavy atom. The number of likely N-dealkylation sites (N-methyl/N-ethyl adjacent to an activating group) is 1. The molecular formula is C12H16N2O2. The number of ether oxygens (including phenoxy) is 2. The van der Waals surface area contributed by atoms with Crippen LogP contribution in [-0.2, 0) is 4.74 Å². The third kappa shape index (κ3) is 2.90. The average Bonchev–Trinajstić information content (AvgIpc) is 2.28. The van der Waals surface area contributed by atoms with E-state index in [1.54, 1.807) is 6.26 Å². The number of morpholine rings is 1. The minimum atomic E-state index is 0.716. The molecule has 4 nitrogen and oxygen atoms in total. The van der Waals surface area contributed by atoms with Crippen LogP contribution in [-0.4, -0.2) is 31.6 Å². The maximum absolute atomic E-state index is 5.58. The lowest BCUT2D eigenvalue weighted by molar-refractivity contribution is 0.104. The number of rotatable bonds is 2. The summed E-state index contributed by atoms with van der Waals surface area (Å²) in [5.74, 6) is 1.61. The Labute approximate surface area is 95.3 Å². The van der Waals surface area contributed by atoms with Crippen LogP contribution in [0.15, 0.2) is 36.3 Å². The summed E-state index contributed by atoms with van der Waals surface area (Å²) in [7, 11) is 2.06. The van der Waals surface area contributed by atoms with Crippen LogP contribution in [0.5, 0.6) is 5.75 Å². The summed E-state index contributed by atoms with van der Waals surface area (Å²) in [4.78, 5) is 2.18. The highest BCUT2D eigenvalue weighted by Crippen LogP contribution is 2.15. The molecule has 0 saturated carbocycles. The van der Waals surface area contributed by atoms with Crippen LogP contribution in [0.2, 0.25) is 0 Å². The maximum Gasteiger partial charge on any atom is 0.145 e. The fraction of sp³-hybridized carbons (Fsp3) is 0.333. The van der Waals surface area contributed by atoms with E-state index < -0.39 is 0 Å². The largest absolute Gasteiger partial charge is 0.492 e. The van der Waals surface area contributed by atoms with Crippen molar-refractivity contribution in [3.8, 4) is 5.75 Å². The Bertz CT molecular complexity index is 373. The molecule has 0 aromatic heterocycles. The summed E-state index contributed by atoms with van der Waals surface area (Å²) in [5, 5.41) is 0. The van der Waals surface area contributed by atoms with Crippen molar-refractivity contribution in [2.75, 3.05) is 32.5 Å². The Balaban J connectivity index is 1.95. The fourth-order valence-corrected chi connectivity index (χ4v) is 1.47. The molecule has 4 heteroatoms. The molecule has 0 aliphatic carbocycles. The van der Waals surface area contributed by atoms with Gasteiger partial charge in [-0.1, -0.05) is 0 Å². The van der Waals surface area contributed by atoms with Gasteiger partial charge in [0, 0.05) is 12.2 Å². The lowest BCUT2D eigenvalue weighted by Gasteiger charge is -2.24. The smallest absolute Gasteiger partial charge is 0.145 e. The second kappa shape index (κ2) is 4.90. The average molecular weight is 220 g/mol. The predicted molar refractivity (Wildman–Crippen MR) is 63.0 cm³/mol. The maximum atomic E-state index is 5.58. The first kappa shape index (κ1) is 10.8. The normalized spacial score (nSPS) is 19.4. The quantitative estimate of drug-likeness (QED) is 0.605. The molecule has 1 aliphatic rings. The third-order valence-corrected chi connectivity index (χ3v) is 2.39. The van der Waals surface area contributed by atoms with Gasteiger partial charge in [-0.2, -0.15) is 0 Å². The number of nitrogens with zero attached hydrogens (tertiary/aromatic N) is 1. The highest BCUT2D eigenvalue weighted by atomic mass is 16.5. The Morgan fingerprint density at radius 3 is 2.81 bits per heavy atom. The number of benzene rings is 1. The summed E-state index contributed by atoms with van der Waals surface area (Å²) < 4.78 is 10.9. The van der Waals surface area contributed by atoms with E-state index in [9.17, 15) is 0 Å². The first-order valence-electron chi connectivity index (χ1n) is 5.26. The SMILES string of the molecule is CN1CCOC(=COc2ccc(N)cc2)C1. The topological polar surface area (TPSA) is 47.7 Å². The van der Waals surface area contributed by atoms with Gasteiger partial charge < -0.3 is 15.2 Å². The van der Waals surface area contributed by atoms with Crippen LogP contribution in [0, 0.1) is 0 Å². The minimum absolute atomic E-state index is 0.716. The van der Waals surface area contributed by atoms with Crippen LogP contribution in [0.4, 0.5) is 5.69 Å². The van der Waals surface area contributed by atoms with Crippen LogP contribution >= 0.6 is 0 Å². The zero-order chi connectivity index (χ0) is 11.4. The van der Waals surface area contributed by atoms with E-state index in [-0.39, 0.29) is 0 Å². The van der Waals surface area contributed by atoms with E-state index >= 15 is 0 Å². The van der Waals surface area contributed by atoms with Gasteiger partial charge in [-0.05, 0) is 31.3 Å². The summed E-state index contributed by atoms with van der Waals surface area (Å²) >= 11 is 0. The molecule has 16 heavy (non-hydrogen) atoms. The Kier molecular flexibility index (Phi) is 3.31. The summed E-state index contributed by atoms with van der Waals surface area (Å²) in [6, 6.07) is 7.28. The number of nitrogen functional groups attached to an aromatic ring is 1. The molecule has 0 spiro atoms. The monoisotopic (exact) mass is 220 g/mol. The van der Waals surface area contributed by atoms with Gasteiger partial charge in [0.25, 0.3) is 0 Å². The van der Waals surface area contributed by atoms with Crippen molar-refractivity contribution < 1.29 is 9.47 Å². The molecule has 0 amide bonds. The molecular weight excluding hydrogens is 204 g/mol. The lowest BCUT2D eigenvalue weighted by atomic mass is 10.3. The minimum Gasteiger partial charge on any atom is -0.492 e. The second-order valence-electron chi connectivity index (χ2n) is 3.86. The summed E-state index contributed by atoms with van der Waals surface area (Å²) in [6.07, 6.45) is 1.65. The highest BCUT2D eigenvalue weighted by Gasteiger charge is 2.11. The van der Waals surface area contributed by atoms with Crippen molar-refractivity contribution >= 4 is 5.69 Å². The molecule has 1 aliphatic heterocycles. The van der Waals surface area contributed by atoms with Gasteiger partial charge in [0.05, 0.1) is 6.54 Å². The highest BCUT2D eigenvalue weighted by molar-refractivity contribution is 5.41. The summed E-state index contributed by atoms with van der Waals surface area (Å²) in [6.45, 7) is 2.46. The van der Waals surface area contributed by atoms with Gasteiger partial charge in [-0.3, -0.25) is 4.90 Å². The Morgan fingerprint density at radius 1 is 1.38 bits per heavy atom. The predicted octanol–water partition coefficient (Wildman–Crippen LogP) is 1.45. The Hall–Kier alpha value is -1.68. The van der Waals surface area contributed by atoms with Gasteiger partial charge in [0.2, 0.25) is 0 Å². The molecule has 1 saturated heterocycles. The number of anilines is 1. The molecule has 0 radical (unpaired) electrons. The third-order valence-electron chi connectivity index (χ3n) is 2.39. The van der Waals surface area contributed by atoms with Crippen molar-refractivity contribution in [1.29, 1.82) is 0 Å². The lowest BCUT2D eigenvalue weighted by Crippen LogP contribution is -2.31. The fourth-order valence-electron chi connectivity index (χ4n) is 1.47. The molecule has 86 valence electrons. The van der Waals surface area contributed by atoms with Crippen LogP contribution < -0.4 is 10.5 Å². The van der Waals surface area contributed by atoms with E-state index in [2.05, 4.69) is 11.9 Å². The van der Waals surface area contributed by atoms with E-state index in [4.69, 9.17) is 15.2 Å². The van der Waals surface area contributed by atoms with Crippen LogP contribution in [0.3, 0.4) is 0 Å². The van der Waals surface area contributed by atoms with Crippen molar-refractivity contribution in [1.82, 2.24) is 4.90 Å². The van der Waals surface area contributed by atoms with Crippen LogP contribution in [0.1, 0.15) is 0 Å². The van der Waals surface area contributed by atoms with Gasteiger partial charge in [-0.25, -0.2) is 0 Å². The number of hydrogen-bond donors (Lipinski definition) is 1. The molecule has 1 aromatic rings. The molecule has 1 fully saturated rings. The van der Waals surface area contributed by atoms with Crippen molar-refractivity contribution in [3.05, 3.63) is 36.3 Å². The van der Waals surface area contributed by atoms with Crippen LogP contribution in [0.25, 0.3) is 0 Å². The number of hydrogen-bond acceptors (Lipinski definition) is 4. The first-order valence-corrected chi connectivity index (χ1v) is 5.26. The van der Waals surface area contributed by atoms with Gasteiger partial charge in [0.15, 0.2) is 0 Å².